The van der Waals surface area contributed by atoms with Crippen molar-refractivity contribution in [3.05, 3.63) is 0 Å². The van der Waals surface area contributed by atoms with Crippen molar-refractivity contribution in [2.24, 2.45) is 0 Å². The molecule has 0 aliphatic rings. The van der Waals surface area contributed by atoms with Gasteiger partial charge < -0.3 is 5.11 Å². The van der Waals surface area contributed by atoms with Gasteiger partial charge in [-0.15, -0.1) is 0 Å². The fraction of sp³-hybridized carbons (Fsp3) is 1.00. The van der Waals surface area contributed by atoms with Crippen molar-refractivity contribution in [2.75, 3.05) is 26.4 Å². The molecule has 0 atom stereocenters. The number of aliphatic hydroxyl groups excluding tert-OH is 1. The first-order valence-electron chi connectivity index (χ1n) is 8.21. The second-order valence-corrected chi connectivity index (χ2v) is 12.7. The molecular formula is C15H36HfO5. The predicted octanol–water partition coefficient (Wildman–Crippen LogP) is 3.89. The van der Waals surface area contributed by atoms with Crippen molar-refractivity contribution >= 4 is 0 Å². The normalized spacial score (nSPS) is 11.4. The van der Waals surface area contributed by atoms with Gasteiger partial charge in [0.15, 0.2) is 0 Å². The minimum absolute atomic E-state index is 0.167. The zero-order chi connectivity index (χ0) is 16.6. The van der Waals surface area contributed by atoms with Crippen LogP contribution in [0.25, 0.3) is 0 Å². The summed E-state index contributed by atoms with van der Waals surface area (Å²) in [5, 5.41) is 8.06. The standard InChI is InChI=1S/C3H8O.4C3H7O.Hf/c1-3(2)4;4*1-2-3-4;/h3-4H,1-2H3;4*2-3H2,1H3;/q;4*-1;+4. The molecule has 5 nitrogen and oxygen atoms in total. The van der Waals surface area contributed by atoms with E-state index in [0.717, 1.165) is 25.7 Å². The van der Waals surface area contributed by atoms with Gasteiger partial charge in [-0.3, -0.25) is 0 Å². The molecule has 0 aliphatic heterocycles. The molecule has 130 valence electrons. The van der Waals surface area contributed by atoms with Crippen molar-refractivity contribution < 1.29 is 38.2 Å². The summed E-state index contributed by atoms with van der Waals surface area (Å²) in [5.41, 5.74) is 0. The SMILES string of the molecule is CC(C)O.CCC[O][Hf]([O]CCC)([O]CCC)[O]CCC. The van der Waals surface area contributed by atoms with E-state index in [2.05, 4.69) is 27.7 Å². The molecular weight excluding hydrogens is 439 g/mol. The summed E-state index contributed by atoms with van der Waals surface area (Å²) in [6, 6.07) is 0. The molecule has 0 heterocycles. The Bertz CT molecular complexity index is 162. The van der Waals surface area contributed by atoms with E-state index in [9.17, 15) is 0 Å². The van der Waals surface area contributed by atoms with Crippen molar-refractivity contribution in [1.82, 2.24) is 0 Å². The van der Waals surface area contributed by atoms with Crippen LogP contribution in [0.5, 0.6) is 0 Å². The van der Waals surface area contributed by atoms with Crippen molar-refractivity contribution in [3.8, 4) is 0 Å². The monoisotopic (exact) mass is 476 g/mol. The molecule has 0 rings (SSSR count). The van der Waals surface area contributed by atoms with Gasteiger partial charge in [-0.1, -0.05) is 0 Å². The Morgan fingerprint density at radius 3 is 1.00 bits per heavy atom. The molecule has 6 heteroatoms. The Kier molecular flexibility index (Phi) is 19.4. The average Bonchev–Trinajstić information content (AvgIpc) is 2.45. The third kappa shape index (κ3) is 16.9. The van der Waals surface area contributed by atoms with Crippen LogP contribution in [0.15, 0.2) is 0 Å². The predicted molar refractivity (Wildman–Crippen MR) is 82.3 cm³/mol. The van der Waals surface area contributed by atoms with Gasteiger partial charge in [0, 0.05) is 6.10 Å². The van der Waals surface area contributed by atoms with Crippen LogP contribution < -0.4 is 0 Å². The van der Waals surface area contributed by atoms with E-state index in [0.29, 0.717) is 26.4 Å². The summed E-state index contributed by atoms with van der Waals surface area (Å²) in [5.74, 6) is 0. The fourth-order valence-corrected chi connectivity index (χ4v) is 9.48. The van der Waals surface area contributed by atoms with Crippen LogP contribution in [0.1, 0.15) is 67.2 Å². The van der Waals surface area contributed by atoms with E-state index in [4.69, 9.17) is 16.5 Å². The molecule has 0 saturated heterocycles. The van der Waals surface area contributed by atoms with Crippen LogP contribution in [0.3, 0.4) is 0 Å². The summed E-state index contributed by atoms with van der Waals surface area (Å²) in [6.07, 6.45) is 3.68. The van der Waals surface area contributed by atoms with E-state index < -0.39 is 21.7 Å². The maximum absolute atomic E-state index is 8.06. The quantitative estimate of drug-likeness (QED) is 0.435. The molecule has 1 N–H and O–H groups in total. The Morgan fingerprint density at radius 1 is 0.667 bits per heavy atom. The second-order valence-electron chi connectivity index (χ2n) is 4.99. The zero-order valence-electron chi connectivity index (χ0n) is 14.8. The van der Waals surface area contributed by atoms with Crippen molar-refractivity contribution in [2.45, 2.75) is 73.3 Å². The van der Waals surface area contributed by atoms with E-state index in [1.165, 1.54) is 0 Å². The van der Waals surface area contributed by atoms with Crippen LogP contribution in [-0.2, 0) is 33.1 Å². The summed E-state index contributed by atoms with van der Waals surface area (Å²) in [4.78, 5) is 0. The van der Waals surface area contributed by atoms with Gasteiger partial charge in [-0.2, -0.15) is 0 Å². The zero-order valence-corrected chi connectivity index (χ0v) is 18.4. The molecule has 0 aromatic heterocycles. The van der Waals surface area contributed by atoms with Gasteiger partial charge in [0.2, 0.25) is 0 Å². The molecule has 0 spiro atoms. The molecule has 21 heavy (non-hydrogen) atoms. The third-order valence-corrected chi connectivity index (χ3v) is 9.95. The second kappa shape index (κ2) is 17.0. The van der Waals surface area contributed by atoms with E-state index in [-0.39, 0.29) is 6.10 Å². The topological polar surface area (TPSA) is 57.2 Å². The summed E-state index contributed by atoms with van der Waals surface area (Å²) in [7, 11) is 0. The third-order valence-electron chi connectivity index (χ3n) is 1.93. The molecule has 0 unspecified atom stereocenters. The summed E-state index contributed by atoms with van der Waals surface area (Å²) >= 11 is -3.83. The van der Waals surface area contributed by atoms with Gasteiger partial charge in [-0.25, -0.2) is 0 Å². The molecule has 0 aromatic carbocycles. The van der Waals surface area contributed by atoms with Crippen LogP contribution in [0.2, 0.25) is 0 Å². The van der Waals surface area contributed by atoms with Crippen molar-refractivity contribution in [3.63, 3.8) is 0 Å². The Balaban J connectivity index is 0. The van der Waals surface area contributed by atoms with Crippen LogP contribution >= 0.6 is 0 Å². The van der Waals surface area contributed by atoms with Gasteiger partial charge in [0.05, 0.1) is 0 Å². The van der Waals surface area contributed by atoms with Crippen molar-refractivity contribution in [1.29, 1.82) is 0 Å². The molecule has 0 saturated carbocycles. The molecule has 0 amide bonds. The minimum atomic E-state index is -3.83. The number of aliphatic hydroxyl groups is 1. The first-order chi connectivity index (χ1) is 9.97. The van der Waals surface area contributed by atoms with Gasteiger partial charge in [-0.05, 0) is 13.8 Å². The average molecular weight is 475 g/mol. The van der Waals surface area contributed by atoms with Gasteiger partial charge in [0.1, 0.15) is 0 Å². The first kappa shape index (κ1) is 23.9. The first-order valence-corrected chi connectivity index (χ1v) is 14.1. The van der Waals surface area contributed by atoms with Crippen LogP contribution in [0, 0.1) is 0 Å². The number of hydrogen-bond acceptors (Lipinski definition) is 5. The van der Waals surface area contributed by atoms with Gasteiger partial charge in [0.25, 0.3) is 0 Å². The number of hydrogen-bond donors (Lipinski definition) is 1. The Hall–Kier alpha value is 0.670. The molecule has 0 fully saturated rings. The van der Waals surface area contributed by atoms with Gasteiger partial charge >= 0.3 is 113 Å². The van der Waals surface area contributed by atoms with E-state index in [1.807, 2.05) is 0 Å². The van der Waals surface area contributed by atoms with E-state index >= 15 is 0 Å². The van der Waals surface area contributed by atoms with Crippen LogP contribution in [-0.4, -0.2) is 37.6 Å². The summed E-state index contributed by atoms with van der Waals surface area (Å²) < 4.78 is 23.4. The maximum atomic E-state index is 8.06. The molecule has 0 bridgehead atoms. The molecule has 0 radical (unpaired) electrons. The Labute approximate surface area is 138 Å². The molecule has 0 aliphatic carbocycles. The summed E-state index contributed by atoms with van der Waals surface area (Å²) in [6.45, 7) is 14.4. The molecule has 0 aromatic rings. The number of rotatable bonds is 12. The van der Waals surface area contributed by atoms with E-state index in [1.54, 1.807) is 13.8 Å². The van der Waals surface area contributed by atoms with Crippen LogP contribution in [0.4, 0.5) is 0 Å². The Morgan fingerprint density at radius 2 is 0.857 bits per heavy atom. The fourth-order valence-electron chi connectivity index (χ4n) is 1.16.